The number of nitriles is 1. The van der Waals surface area contributed by atoms with Gasteiger partial charge in [-0.1, -0.05) is 30.3 Å². The van der Waals surface area contributed by atoms with Gasteiger partial charge in [0, 0.05) is 17.7 Å². The van der Waals surface area contributed by atoms with Gasteiger partial charge < -0.3 is 0 Å². The molecule has 0 aromatic heterocycles. The Morgan fingerprint density at radius 1 is 1.19 bits per heavy atom. The second kappa shape index (κ2) is 6.78. The van der Waals surface area contributed by atoms with Crippen LogP contribution in [-0.2, 0) is 6.54 Å². The number of likely N-dealkylation sites (N-methyl/N-ethyl adjacent to an activating group) is 1. The molecule has 2 aromatic carbocycles. The van der Waals surface area contributed by atoms with Crippen LogP contribution >= 0.6 is 0 Å². The summed E-state index contributed by atoms with van der Waals surface area (Å²) in [5.74, 6) is -0.325. The van der Waals surface area contributed by atoms with Crippen LogP contribution in [0.3, 0.4) is 0 Å². The first-order valence-electron chi connectivity index (χ1n) is 6.55. The van der Waals surface area contributed by atoms with Crippen molar-refractivity contribution in [3.63, 3.8) is 0 Å². The van der Waals surface area contributed by atoms with E-state index in [2.05, 4.69) is 0 Å². The minimum Gasteiger partial charge on any atom is -0.294 e. The Labute approximate surface area is 123 Å². The van der Waals surface area contributed by atoms with Gasteiger partial charge >= 0.3 is 0 Å². The quantitative estimate of drug-likeness (QED) is 0.792. The van der Waals surface area contributed by atoms with Gasteiger partial charge in [-0.15, -0.1) is 0 Å². The van der Waals surface area contributed by atoms with E-state index in [0.29, 0.717) is 23.2 Å². The van der Waals surface area contributed by atoms with Crippen molar-refractivity contribution in [1.29, 1.82) is 5.26 Å². The third-order valence-corrected chi connectivity index (χ3v) is 3.15. The average Bonchev–Trinajstić information content (AvgIpc) is 2.49. The molecule has 0 aliphatic carbocycles. The summed E-state index contributed by atoms with van der Waals surface area (Å²) in [6.45, 7) is 0.564. The fraction of sp³-hybridized carbons (Fsp3) is 0.176. The summed E-state index contributed by atoms with van der Waals surface area (Å²) in [5.41, 5.74) is 1.63. The molecule has 21 heavy (non-hydrogen) atoms. The van der Waals surface area contributed by atoms with Gasteiger partial charge in [0.1, 0.15) is 5.82 Å². The number of ketones is 1. The smallest absolute Gasteiger partial charge is 0.176 e. The lowest BCUT2D eigenvalue weighted by Gasteiger charge is -2.16. The highest BCUT2D eigenvalue weighted by Gasteiger charge is 2.11. The molecule has 0 atom stereocenters. The van der Waals surface area contributed by atoms with Gasteiger partial charge in [0.25, 0.3) is 0 Å². The predicted octanol–water partition coefficient (Wildman–Crippen LogP) is 3.01. The van der Waals surface area contributed by atoms with Crippen LogP contribution in [0.5, 0.6) is 0 Å². The van der Waals surface area contributed by atoms with E-state index in [-0.39, 0.29) is 18.1 Å². The molecule has 0 N–H and O–H groups in total. The Balaban J connectivity index is 1.99. The molecule has 0 saturated carbocycles. The van der Waals surface area contributed by atoms with Gasteiger partial charge in [-0.05, 0) is 25.2 Å². The Morgan fingerprint density at radius 3 is 2.48 bits per heavy atom. The number of carbonyl (C=O) groups excluding carboxylic acids is 1. The average molecular weight is 282 g/mol. The molecule has 3 nitrogen and oxygen atoms in total. The molecule has 0 aliphatic rings. The summed E-state index contributed by atoms with van der Waals surface area (Å²) >= 11 is 0. The van der Waals surface area contributed by atoms with Crippen molar-refractivity contribution in [1.82, 2.24) is 4.90 Å². The first-order chi connectivity index (χ1) is 10.1. The van der Waals surface area contributed by atoms with Crippen molar-refractivity contribution in [2.45, 2.75) is 6.54 Å². The summed E-state index contributed by atoms with van der Waals surface area (Å²) in [7, 11) is 1.77. The molecule has 0 spiro atoms. The summed E-state index contributed by atoms with van der Waals surface area (Å²) in [4.78, 5) is 13.9. The fourth-order valence-electron chi connectivity index (χ4n) is 2.04. The first kappa shape index (κ1) is 14.9. The molecule has 0 amide bonds. The number of halogens is 1. The largest absolute Gasteiger partial charge is 0.294 e. The van der Waals surface area contributed by atoms with Gasteiger partial charge in [-0.2, -0.15) is 5.26 Å². The molecule has 0 radical (unpaired) electrons. The highest BCUT2D eigenvalue weighted by atomic mass is 19.1. The number of Topliss-reactive ketones (excluding diaryl/α,β-unsaturated/α-hetero) is 1. The van der Waals surface area contributed by atoms with E-state index >= 15 is 0 Å². The topological polar surface area (TPSA) is 44.1 Å². The third kappa shape index (κ3) is 3.98. The maximum absolute atomic E-state index is 13.6. The predicted molar refractivity (Wildman–Crippen MR) is 78.2 cm³/mol. The van der Waals surface area contributed by atoms with Crippen molar-refractivity contribution >= 4 is 5.78 Å². The molecule has 2 rings (SSSR count). The lowest BCUT2D eigenvalue weighted by Crippen LogP contribution is -2.26. The SMILES string of the molecule is CN(CC(=O)c1ccc(C#N)cc1)Cc1ccccc1F. The van der Waals surface area contributed by atoms with E-state index in [1.165, 1.54) is 6.07 Å². The molecule has 2 aromatic rings. The normalized spacial score (nSPS) is 10.4. The van der Waals surface area contributed by atoms with E-state index < -0.39 is 0 Å². The molecule has 0 bridgehead atoms. The molecule has 0 aliphatic heterocycles. The highest BCUT2D eigenvalue weighted by Crippen LogP contribution is 2.10. The molecule has 0 fully saturated rings. The number of carbonyl (C=O) groups is 1. The number of rotatable bonds is 5. The van der Waals surface area contributed by atoms with E-state index in [1.807, 2.05) is 6.07 Å². The summed E-state index contributed by atoms with van der Waals surface area (Å²) in [6, 6.07) is 15.0. The second-order valence-electron chi connectivity index (χ2n) is 4.88. The molecule has 0 heterocycles. The zero-order valence-electron chi connectivity index (χ0n) is 11.7. The molecule has 106 valence electrons. The standard InChI is InChI=1S/C17H15FN2O/c1-20(11-15-4-2-3-5-16(15)18)12-17(21)14-8-6-13(10-19)7-9-14/h2-9H,11-12H2,1H3. The fourth-order valence-corrected chi connectivity index (χ4v) is 2.04. The van der Waals surface area contributed by atoms with E-state index in [9.17, 15) is 9.18 Å². The van der Waals surface area contributed by atoms with Crippen LogP contribution in [0.15, 0.2) is 48.5 Å². The number of hydrogen-bond acceptors (Lipinski definition) is 3. The second-order valence-corrected chi connectivity index (χ2v) is 4.88. The Kier molecular flexibility index (Phi) is 4.81. The first-order valence-corrected chi connectivity index (χ1v) is 6.55. The highest BCUT2D eigenvalue weighted by molar-refractivity contribution is 5.97. The number of nitrogens with zero attached hydrogens (tertiary/aromatic N) is 2. The van der Waals surface area contributed by atoms with Gasteiger partial charge in [0.2, 0.25) is 0 Å². The van der Waals surface area contributed by atoms with Crippen LogP contribution in [-0.4, -0.2) is 24.3 Å². The number of benzene rings is 2. The lowest BCUT2D eigenvalue weighted by molar-refractivity contribution is 0.0942. The van der Waals surface area contributed by atoms with Crippen molar-refractivity contribution in [3.05, 3.63) is 71.0 Å². The molecular weight excluding hydrogens is 267 g/mol. The lowest BCUT2D eigenvalue weighted by atomic mass is 10.1. The van der Waals surface area contributed by atoms with Gasteiger partial charge in [-0.3, -0.25) is 9.69 Å². The summed E-state index contributed by atoms with van der Waals surface area (Å²) in [6.07, 6.45) is 0. The van der Waals surface area contributed by atoms with E-state index in [4.69, 9.17) is 5.26 Å². The molecule has 4 heteroatoms. The maximum Gasteiger partial charge on any atom is 0.176 e. The zero-order valence-corrected chi connectivity index (χ0v) is 11.7. The van der Waals surface area contributed by atoms with Crippen LogP contribution < -0.4 is 0 Å². The maximum atomic E-state index is 13.6. The molecule has 0 saturated heterocycles. The van der Waals surface area contributed by atoms with Crippen molar-refractivity contribution < 1.29 is 9.18 Å². The minimum atomic E-state index is -0.268. The van der Waals surface area contributed by atoms with Crippen LogP contribution in [0.1, 0.15) is 21.5 Å². The summed E-state index contributed by atoms with van der Waals surface area (Å²) in [5, 5.41) is 8.72. The molecule has 0 unspecified atom stereocenters. The Hall–Kier alpha value is -2.51. The van der Waals surface area contributed by atoms with Crippen LogP contribution in [0.4, 0.5) is 4.39 Å². The zero-order chi connectivity index (χ0) is 15.2. The minimum absolute atomic E-state index is 0.0571. The van der Waals surface area contributed by atoms with Crippen LogP contribution in [0.25, 0.3) is 0 Å². The van der Waals surface area contributed by atoms with Crippen molar-refractivity contribution in [2.24, 2.45) is 0 Å². The molecular formula is C17H15FN2O. The van der Waals surface area contributed by atoms with Gasteiger partial charge in [-0.25, -0.2) is 4.39 Å². The Bertz CT molecular complexity index is 674. The van der Waals surface area contributed by atoms with Crippen LogP contribution in [0, 0.1) is 17.1 Å². The van der Waals surface area contributed by atoms with Crippen LogP contribution in [0.2, 0.25) is 0 Å². The van der Waals surface area contributed by atoms with E-state index in [0.717, 1.165) is 0 Å². The number of hydrogen-bond donors (Lipinski definition) is 0. The monoisotopic (exact) mass is 282 g/mol. The third-order valence-electron chi connectivity index (χ3n) is 3.15. The van der Waals surface area contributed by atoms with Gasteiger partial charge in [0.15, 0.2) is 5.78 Å². The van der Waals surface area contributed by atoms with Crippen molar-refractivity contribution in [2.75, 3.05) is 13.6 Å². The van der Waals surface area contributed by atoms with E-state index in [1.54, 1.807) is 54.4 Å². The summed E-state index contributed by atoms with van der Waals surface area (Å²) < 4.78 is 13.6. The van der Waals surface area contributed by atoms with Crippen molar-refractivity contribution in [3.8, 4) is 6.07 Å². The van der Waals surface area contributed by atoms with Gasteiger partial charge in [0.05, 0.1) is 18.2 Å². The Morgan fingerprint density at radius 2 is 1.86 bits per heavy atom.